The third kappa shape index (κ3) is 4.47. The number of hydrogen-bond donors (Lipinski definition) is 2. The number of ether oxygens (including phenoxy) is 1. The molecule has 2 N–H and O–H groups in total. The Labute approximate surface area is 125 Å². The molecule has 0 aliphatic carbocycles. The predicted octanol–water partition coefficient (Wildman–Crippen LogP) is 2.89. The van der Waals surface area contributed by atoms with Crippen LogP contribution in [-0.2, 0) is 9.53 Å². The minimum absolute atomic E-state index is 0.0243. The van der Waals surface area contributed by atoms with Gasteiger partial charge >= 0.3 is 0 Å². The van der Waals surface area contributed by atoms with Gasteiger partial charge in [0, 0.05) is 13.2 Å². The minimum Gasteiger partial charge on any atom is -0.383 e. The number of benzene rings is 1. The second-order valence-corrected chi connectivity index (χ2v) is 5.19. The van der Waals surface area contributed by atoms with Crippen molar-refractivity contribution in [2.24, 2.45) is 0 Å². The summed E-state index contributed by atoms with van der Waals surface area (Å²) in [4.78, 5) is 12.1. The molecule has 2 rings (SSSR count). The van der Waals surface area contributed by atoms with E-state index in [0.717, 1.165) is 38.1 Å². The van der Waals surface area contributed by atoms with E-state index in [1.54, 1.807) is 12.1 Å². The zero-order chi connectivity index (χ0) is 15.1. The molecule has 1 atom stereocenters. The van der Waals surface area contributed by atoms with Gasteiger partial charge in [-0.05, 0) is 37.5 Å². The molecule has 21 heavy (non-hydrogen) atoms. The van der Waals surface area contributed by atoms with Gasteiger partial charge in [0.15, 0.2) is 0 Å². The maximum Gasteiger partial charge on any atom is 0.227 e. The van der Waals surface area contributed by atoms with E-state index in [0.29, 0.717) is 17.7 Å². The molecule has 1 aromatic carbocycles. The van der Waals surface area contributed by atoms with E-state index in [4.69, 9.17) is 10.00 Å². The highest BCUT2D eigenvalue weighted by molar-refractivity contribution is 5.94. The van der Waals surface area contributed by atoms with Crippen LogP contribution in [0.1, 0.15) is 38.2 Å². The lowest BCUT2D eigenvalue weighted by molar-refractivity contribution is -0.118. The second kappa shape index (κ2) is 7.65. The number of carbonyl (C=O) groups is 1. The van der Waals surface area contributed by atoms with Crippen LogP contribution >= 0.6 is 0 Å². The smallest absolute Gasteiger partial charge is 0.227 e. The van der Waals surface area contributed by atoms with E-state index in [1.165, 1.54) is 0 Å². The second-order valence-electron chi connectivity index (χ2n) is 5.19. The van der Waals surface area contributed by atoms with Crippen molar-refractivity contribution in [3.8, 4) is 6.07 Å². The van der Waals surface area contributed by atoms with Crippen molar-refractivity contribution in [1.29, 1.82) is 5.26 Å². The van der Waals surface area contributed by atoms with Crippen LogP contribution in [0.2, 0.25) is 0 Å². The Bertz CT molecular complexity index is 531. The molecular weight excluding hydrogens is 266 g/mol. The first-order valence-corrected chi connectivity index (χ1v) is 7.42. The average molecular weight is 287 g/mol. The fourth-order valence-corrected chi connectivity index (χ4v) is 2.34. The lowest BCUT2D eigenvalue weighted by Gasteiger charge is -2.14. The van der Waals surface area contributed by atoms with E-state index >= 15 is 0 Å². The topological polar surface area (TPSA) is 74.2 Å². The summed E-state index contributed by atoms with van der Waals surface area (Å²) >= 11 is 0. The van der Waals surface area contributed by atoms with Crippen LogP contribution in [0.25, 0.3) is 0 Å². The van der Waals surface area contributed by atoms with Crippen LogP contribution in [0.3, 0.4) is 0 Å². The largest absolute Gasteiger partial charge is 0.383 e. The lowest BCUT2D eigenvalue weighted by Crippen LogP contribution is -2.20. The van der Waals surface area contributed by atoms with Gasteiger partial charge in [-0.2, -0.15) is 5.26 Å². The molecule has 0 saturated carbocycles. The third-order valence-electron chi connectivity index (χ3n) is 3.43. The van der Waals surface area contributed by atoms with Crippen LogP contribution in [0.4, 0.5) is 11.4 Å². The number of nitrogens with one attached hydrogen (secondary N) is 2. The zero-order valence-electron chi connectivity index (χ0n) is 12.3. The molecular formula is C16H21N3O2. The average Bonchev–Trinajstić information content (AvgIpc) is 2.98. The van der Waals surface area contributed by atoms with Crippen LogP contribution < -0.4 is 10.6 Å². The van der Waals surface area contributed by atoms with E-state index in [1.807, 2.05) is 6.07 Å². The van der Waals surface area contributed by atoms with Crippen molar-refractivity contribution < 1.29 is 9.53 Å². The van der Waals surface area contributed by atoms with E-state index < -0.39 is 0 Å². The number of nitriles is 1. The molecule has 1 aromatic rings. The standard InChI is InChI=1S/C16H21N3O2/c1-2-7-18-14-6-5-12(11-17)9-15(14)19-16(20)10-13-4-3-8-21-13/h5-6,9,13,18H,2-4,7-8,10H2,1H3,(H,19,20)/t13-/m1/s1. The van der Waals surface area contributed by atoms with Gasteiger partial charge in [-0.1, -0.05) is 6.92 Å². The Hall–Kier alpha value is -2.06. The molecule has 0 unspecified atom stereocenters. The van der Waals surface area contributed by atoms with Gasteiger partial charge in [0.2, 0.25) is 5.91 Å². The highest BCUT2D eigenvalue weighted by atomic mass is 16.5. The van der Waals surface area contributed by atoms with Crippen LogP contribution in [0, 0.1) is 11.3 Å². The molecule has 5 heteroatoms. The van der Waals surface area contributed by atoms with Crippen LogP contribution in [-0.4, -0.2) is 25.2 Å². The minimum atomic E-state index is -0.0726. The summed E-state index contributed by atoms with van der Waals surface area (Å²) in [6.07, 6.45) is 3.33. The molecule has 1 saturated heterocycles. The third-order valence-corrected chi connectivity index (χ3v) is 3.43. The van der Waals surface area contributed by atoms with Gasteiger partial charge in [-0.15, -0.1) is 0 Å². The van der Waals surface area contributed by atoms with Crippen molar-refractivity contribution in [3.63, 3.8) is 0 Å². The summed E-state index contributed by atoms with van der Waals surface area (Å²) in [5.41, 5.74) is 2.03. The molecule has 0 bridgehead atoms. The summed E-state index contributed by atoms with van der Waals surface area (Å²) in [5.74, 6) is -0.0726. The number of anilines is 2. The van der Waals surface area contributed by atoms with Crippen molar-refractivity contribution in [2.75, 3.05) is 23.8 Å². The van der Waals surface area contributed by atoms with Crippen LogP contribution in [0.5, 0.6) is 0 Å². The number of amides is 1. The summed E-state index contributed by atoms with van der Waals surface area (Å²) in [5, 5.41) is 15.1. The quantitative estimate of drug-likeness (QED) is 0.843. The Morgan fingerprint density at radius 2 is 2.33 bits per heavy atom. The zero-order valence-corrected chi connectivity index (χ0v) is 12.3. The van der Waals surface area contributed by atoms with Gasteiger partial charge in [-0.3, -0.25) is 4.79 Å². The SMILES string of the molecule is CCCNc1ccc(C#N)cc1NC(=O)C[C@H]1CCCO1. The summed E-state index contributed by atoms with van der Waals surface area (Å²) in [6, 6.07) is 7.37. The summed E-state index contributed by atoms with van der Waals surface area (Å²) in [7, 11) is 0. The van der Waals surface area contributed by atoms with Crippen molar-refractivity contribution in [3.05, 3.63) is 23.8 Å². The van der Waals surface area contributed by atoms with Crippen LogP contribution in [0.15, 0.2) is 18.2 Å². The molecule has 1 aliphatic heterocycles. The molecule has 112 valence electrons. The maximum atomic E-state index is 12.1. The predicted molar refractivity (Wildman–Crippen MR) is 82.2 cm³/mol. The van der Waals surface area contributed by atoms with Crippen molar-refractivity contribution >= 4 is 17.3 Å². The van der Waals surface area contributed by atoms with Gasteiger partial charge < -0.3 is 15.4 Å². The van der Waals surface area contributed by atoms with Gasteiger partial charge in [0.25, 0.3) is 0 Å². The Balaban J connectivity index is 2.04. The first-order chi connectivity index (χ1) is 10.2. The monoisotopic (exact) mass is 287 g/mol. The number of carbonyl (C=O) groups excluding carboxylic acids is 1. The lowest BCUT2D eigenvalue weighted by atomic mass is 10.1. The Morgan fingerprint density at radius 3 is 3.00 bits per heavy atom. The van der Waals surface area contributed by atoms with Gasteiger partial charge in [0.05, 0.1) is 35.5 Å². The van der Waals surface area contributed by atoms with E-state index in [9.17, 15) is 4.79 Å². The maximum absolute atomic E-state index is 12.1. The molecule has 1 fully saturated rings. The summed E-state index contributed by atoms with van der Waals surface area (Å²) in [6.45, 7) is 3.64. The molecule has 1 aliphatic rings. The summed E-state index contributed by atoms with van der Waals surface area (Å²) < 4.78 is 5.47. The van der Waals surface area contributed by atoms with Crippen molar-refractivity contribution in [1.82, 2.24) is 0 Å². The molecule has 1 heterocycles. The first kappa shape index (κ1) is 15.3. The van der Waals surface area contributed by atoms with Crippen molar-refractivity contribution in [2.45, 2.75) is 38.7 Å². The van der Waals surface area contributed by atoms with E-state index in [2.05, 4.69) is 23.6 Å². The molecule has 0 spiro atoms. The molecule has 5 nitrogen and oxygen atoms in total. The Morgan fingerprint density at radius 1 is 1.48 bits per heavy atom. The van der Waals surface area contributed by atoms with E-state index in [-0.39, 0.29) is 12.0 Å². The highest BCUT2D eigenvalue weighted by Gasteiger charge is 2.19. The number of rotatable bonds is 6. The molecule has 0 radical (unpaired) electrons. The highest BCUT2D eigenvalue weighted by Crippen LogP contribution is 2.24. The number of hydrogen-bond acceptors (Lipinski definition) is 4. The molecule has 0 aromatic heterocycles. The number of nitrogens with zero attached hydrogens (tertiary/aromatic N) is 1. The fourth-order valence-electron chi connectivity index (χ4n) is 2.34. The molecule has 1 amide bonds. The fraction of sp³-hybridized carbons (Fsp3) is 0.500. The first-order valence-electron chi connectivity index (χ1n) is 7.42. The Kier molecular flexibility index (Phi) is 5.59. The van der Waals surface area contributed by atoms with Gasteiger partial charge in [0.1, 0.15) is 0 Å². The van der Waals surface area contributed by atoms with Gasteiger partial charge in [-0.25, -0.2) is 0 Å². The normalized spacial score (nSPS) is 17.2.